The molecular weight excluding hydrogens is 264 g/mol. The van der Waals surface area contributed by atoms with Crippen molar-refractivity contribution in [2.45, 2.75) is 19.9 Å². The number of aryl methyl sites for hydroxylation is 2. The number of sulfonamides is 1. The Morgan fingerprint density at radius 3 is 2.63 bits per heavy atom. The molecule has 0 aliphatic carbocycles. The summed E-state index contributed by atoms with van der Waals surface area (Å²) in [5.41, 5.74) is 1.000. The second-order valence-electron chi connectivity index (χ2n) is 4.24. The fraction of sp³-hybridized carbons (Fsp3) is 0.308. The van der Waals surface area contributed by atoms with Crippen LogP contribution in [-0.4, -0.2) is 19.2 Å². The van der Waals surface area contributed by atoms with Gasteiger partial charge < -0.3 is 4.42 Å². The van der Waals surface area contributed by atoms with Crippen molar-refractivity contribution < 1.29 is 12.8 Å². The Hall–Kier alpha value is -1.66. The molecule has 1 N–H and O–H groups in total. The van der Waals surface area contributed by atoms with E-state index in [9.17, 15) is 8.42 Å². The summed E-state index contributed by atoms with van der Waals surface area (Å²) in [5.74, 6) is 1.09. The van der Waals surface area contributed by atoms with Gasteiger partial charge in [-0.15, -0.1) is 0 Å². The molecule has 0 amide bonds. The number of benzene rings is 1. The van der Waals surface area contributed by atoms with Crippen molar-refractivity contribution in [2.24, 2.45) is 0 Å². The van der Waals surface area contributed by atoms with E-state index in [0.717, 1.165) is 5.56 Å². The van der Waals surface area contributed by atoms with Crippen molar-refractivity contribution in [1.82, 2.24) is 9.71 Å². The van der Waals surface area contributed by atoms with Gasteiger partial charge in [-0.25, -0.2) is 18.1 Å². The number of aromatic nitrogens is 1. The van der Waals surface area contributed by atoms with E-state index in [0.29, 0.717) is 18.1 Å². The van der Waals surface area contributed by atoms with Gasteiger partial charge in [0.25, 0.3) is 0 Å². The highest BCUT2D eigenvalue weighted by Gasteiger charge is 2.11. The van der Waals surface area contributed by atoms with E-state index in [1.807, 2.05) is 30.3 Å². The Labute approximate surface area is 112 Å². The molecule has 0 bridgehead atoms. The van der Waals surface area contributed by atoms with Gasteiger partial charge in [0.05, 0.1) is 18.5 Å². The normalized spacial score (nSPS) is 11.6. The predicted molar refractivity (Wildman–Crippen MR) is 72.0 cm³/mol. The molecule has 1 heterocycles. The van der Waals surface area contributed by atoms with Gasteiger partial charge in [-0.3, -0.25) is 0 Å². The molecule has 6 heteroatoms. The van der Waals surface area contributed by atoms with Crippen LogP contribution in [0.1, 0.15) is 17.2 Å². The largest absolute Gasteiger partial charge is 0.445 e. The molecule has 0 unspecified atom stereocenters. The lowest BCUT2D eigenvalue weighted by Gasteiger charge is -2.05. The molecule has 0 saturated carbocycles. The van der Waals surface area contributed by atoms with Crippen molar-refractivity contribution in [3.05, 3.63) is 53.7 Å². The van der Waals surface area contributed by atoms with Crippen LogP contribution in [0.5, 0.6) is 0 Å². The van der Waals surface area contributed by atoms with Crippen LogP contribution in [0.3, 0.4) is 0 Å². The van der Waals surface area contributed by atoms with Crippen molar-refractivity contribution >= 4 is 10.0 Å². The Kier molecular flexibility index (Phi) is 4.34. The smallest absolute Gasteiger partial charge is 0.212 e. The first-order valence-corrected chi connectivity index (χ1v) is 7.63. The van der Waals surface area contributed by atoms with Crippen LogP contribution >= 0.6 is 0 Å². The van der Waals surface area contributed by atoms with Gasteiger partial charge >= 0.3 is 0 Å². The average molecular weight is 280 g/mol. The third-order valence-corrected chi connectivity index (χ3v) is 3.94. The van der Waals surface area contributed by atoms with Crippen molar-refractivity contribution in [2.75, 3.05) is 5.75 Å². The van der Waals surface area contributed by atoms with Crippen molar-refractivity contribution in [1.29, 1.82) is 0 Å². The molecule has 0 fully saturated rings. The summed E-state index contributed by atoms with van der Waals surface area (Å²) >= 11 is 0. The Morgan fingerprint density at radius 2 is 2.00 bits per heavy atom. The summed E-state index contributed by atoms with van der Waals surface area (Å²) in [4.78, 5) is 3.94. The molecule has 0 aliphatic rings. The molecular formula is C13H16N2O3S. The van der Waals surface area contributed by atoms with Crippen LogP contribution in [0.4, 0.5) is 0 Å². The minimum Gasteiger partial charge on any atom is -0.445 e. The lowest BCUT2D eigenvalue weighted by atomic mass is 10.2. The highest BCUT2D eigenvalue weighted by molar-refractivity contribution is 7.89. The number of rotatable bonds is 6. The quantitative estimate of drug-likeness (QED) is 0.873. The minimum absolute atomic E-state index is 0.0523. The number of nitrogens with one attached hydrogen (secondary N) is 1. The maximum absolute atomic E-state index is 11.8. The van der Waals surface area contributed by atoms with Gasteiger partial charge in [0.2, 0.25) is 15.9 Å². The van der Waals surface area contributed by atoms with Gasteiger partial charge in [-0.05, 0) is 18.9 Å². The minimum atomic E-state index is -3.32. The number of hydrogen-bond acceptors (Lipinski definition) is 4. The Bertz CT molecular complexity index is 620. The van der Waals surface area contributed by atoms with E-state index in [1.54, 1.807) is 13.1 Å². The molecule has 2 aromatic rings. The maximum atomic E-state index is 11.8. The van der Waals surface area contributed by atoms with E-state index in [1.165, 1.54) is 0 Å². The van der Waals surface area contributed by atoms with Crippen LogP contribution < -0.4 is 4.72 Å². The first kappa shape index (κ1) is 13.8. The van der Waals surface area contributed by atoms with Gasteiger partial charge in [-0.1, -0.05) is 30.3 Å². The molecule has 0 radical (unpaired) electrons. The summed E-state index contributed by atoms with van der Waals surface area (Å²) in [7, 11) is -3.32. The predicted octanol–water partition coefficient (Wildman–Crippen LogP) is 1.65. The molecule has 19 heavy (non-hydrogen) atoms. The van der Waals surface area contributed by atoms with E-state index in [2.05, 4.69) is 9.71 Å². The fourth-order valence-corrected chi connectivity index (χ4v) is 2.62. The monoisotopic (exact) mass is 280 g/mol. The van der Waals surface area contributed by atoms with E-state index >= 15 is 0 Å². The van der Waals surface area contributed by atoms with E-state index in [-0.39, 0.29) is 12.3 Å². The number of hydrogen-bond donors (Lipinski definition) is 1. The van der Waals surface area contributed by atoms with Crippen LogP contribution in [0.25, 0.3) is 0 Å². The second-order valence-corrected chi connectivity index (χ2v) is 6.17. The zero-order valence-corrected chi connectivity index (χ0v) is 11.5. The summed E-state index contributed by atoms with van der Waals surface area (Å²) in [6, 6.07) is 9.51. The fourth-order valence-electron chi connectivity index (χ4n) is 1.62. The topological polar surface area (TPSA) is 72.2 Å². The molecule has 5 nitrogen and oxygen atoms in total. The van der Waals surface area contributed by atoms with Gasteiger partial charge in [-0.2, -0.15) is 0 Å². The first-order chi connectivity index (χ1) is 9.05. The molecule has 0 saturated heterocycles. The third-order valence-electron chi connectivity index (χ3n) is 2.61. The van der Waals surface area contributed by atoms with Crippen molar-refractivity contribution in [3.63, 3.8) is 0 Å². The number of nitrogens with zero attached hydrogens (tertiary/aromatic N) is 1. The zero-order chi connectivity index (χ0) is 13.7. The molecule has 1 aromatic carbocycles. The van der Waals surface area contributed by atoms with Crippen LogP contribution in [-0.2, 0) is 23.0 Å². The number of oxazole rings is 1. The maximum Gasteiger partial charge on any atom is 0.212 e. The van der Waals surface area contributed by atoms with E-state index in [4.69, 9.17) is 4.42 Å². The lowest BCUT2D eigenvalue weighted by Crippen LogP contribution is -2.27. The average Bonchev–Trinajstić information content (AvgIpc) is 2.82. The second kappa shape index (κ2) is 5.99. The molecule has 1 aromatic heterocycles. The van der Waals surface area contributed by atoms with Gasteiger partial charge in [0.1, 0.15) is 5.76 Å². The third kappa shape index (κ3) is 4.50. The summed E-state index contributed by atoms with van der Waals surface area (Å²) in [5, 5.41) is 0. The summed E-state index contributed by atoms with van der Waals surface area (Å²) < 4.78 is 31.3. The highest BCUT2D eigenvalue weighted by Crippen LogP contribution is 2.04. The summed E-state index contributed by atoms with van der Waals surface area (Å²) in [6.07, 6.45) is 2.05. The highest BCUT2D eigenvalue weighted by atomic mass is 32.2. The van der Waals surface area contributed by atoms with E-state index < -0.39 is 10.0 Å². The van der Waals surface area contributed by atoms with Crippen LogP contribution in [0.2, 0.25) is 0 Å². The molecule has 0 aliphatic heterocycles. The zero-order valence-electron chi connectivity index (χ0n) is 10.7. The SMILES string of the molecule is Cc1cnc(CNS(=O)(=O)CCc2ccccc2)o1. The molecule has 2 rings (SSSR count). The molecule has 0 atom stereocenters. The molecule has 102 valence electrons. The first-order valence-electron chi connectivity index (χ1n) is 5.98. The standard InChI is InChI=1S/C13H16N2O3S/c1-11-9-14-13(18-11)10-15-19(16,17)8-7-12-5-3-2-4-6-12/h2-6,9,15H,7-8,10H2,1H3. The van der Waals surface area contributed by atoms with Crippen LogP contribution in [0, 0.1) is 6.92 Å². The van der Waals surface area contributed by atoms with Gasteiger partial charge in [0, 0.05) is 0 Å². The van der Waals surface area contributed by atoms with Gasteiger partial charge in [0.15, 0.2) is 0 Å². The molecule has 0 spiro atoms. The Morgan fingerprint density at radius 1 is 1.26 bits per heavy atom. The van der Waals surface area contributed by atoms with Crippen LogP contribution in [0.15, 0.2) is 40.9 Å². The lowest BCUT2D eigenvalue weighted by molar-refractivity contribution is 0.463. The Balaban J connectivity index is 1.85. The van der Waals surface area contributed by atoms with Crippen molar-refractivity contribution in [3.8, 4) is 0 Å². The summed E-state index contributed by atoms with van der Waals surface area (Å²) in [6.45, 7) is 1.85.